The predicted molar refractivity (Wildman–Crippen MR) is 63.1 cm³/mol. The number of halogens is 6. The molecule has 1 fully saturated rings. The topological polar surface area (TPSA) is 72.2 Å². The highest BCUT2D eigenvalue weighted by atomic mass is 32.2. The van der Waals surface area contributed by atoms with Crippen LogP contribution >= 0.6 is 0 Å². The van der Waals surface area contributed by atoms with Gasteiger partial charge in [-0.05, 0) is 0 Å². The third kappa shape index (κ3) is 2.42. The van der Waals surface area contributed by atoms with Gasteiger partial charge < -0.3 is 5.11 Å². The summed E-state index contributed by atoms with van der Waals surface area (Å²) in [7, 11) is -3.29. The molecule has 2 heterocycles. The summed E-state index contributed by atoms with van der Waals surface area (Å²) in [5, 5.41) is 12.5. The number of rotatable bonds is 2. The molecule has 0 bridgehead atoms. The van der Waals surface area contributed by atoms with Crippen LogP contribution in [0.1, 0.15) is 29.2 Å². The van der Waals surface area contributed by atoms with Gasteiger partial charge in [-0.25, -0.2) is 12.8 Å². The van der Waals surface area contributed by atoms with Crippen molar-refractivity contribution >= 4 is 9.84 Å². The van der Waals surface area contributed by atoms with E-state index in [1.54, 1.807) is 0 Å². The standard InChI is InChI=1S/C11H10F6N2O3S/c12-7-6-5(9(20)10(7,13)14)8(11(15,16)17)18-19(6)1-4-2-23(21,22)3-4/h4,7,9,20H,1-3H2/t7-,9-/m0/s1. The van der Waals surface area contributed by atoms with Gasteiger partial charge in [-0.1, -0.05) is 0 Å². The maximum atomic E-state index is 13.9. The Hall–Kier alpha value is -1.30. The molecule has 3 rings (SSSR count). The number of fused-ring (bicyclic) bond motifs is 1. The first-order valence-corrected chi connectivity index (χ1v) is 8.25. The summed E-state index contributed by atoms with van der Waals surface area (Å²) in [4.78, 5) is 0. The van der Waals surface area contributed by atoms with E-state index in [-0.39, 0.29) is 11.5 Å². The quantitative estimate of drug-likeness (QED) is 0.810. The highest BCUT2D eigenvalue weighted by Crippen LogP contribution is 2.55. The second kappa shape index (κ2) is 4.62. The molecule has 0 amide bonds. The molecule has 12 heteroatoms. The van der Waals surface area contributed by atoms with Crippen molar-refractivity contribution in [2.75, 3.05) is 11.5 Å². The SMILES string of the molecule is O=S1(=O)CC(Cn2nc(C(F)(F)F)c3c2[C@H](F)C(F)(F)[C@H]3O)C1. The average Bonchev–Trinajstić information content (AvgIpc) is 2.80. The van der Waals surface area contributed by atoms with E-state index in [1.165, 1.54) is 0 Å². The summed E-state index contributed by atoms with van der Waals surface area (Å²) in [5.74, 6) is -5.71. The molecule has 1 aromatic heterocycles. The van der Waals surface area contributed by atoms with E-state index in [0.717, 1.165) is 0 Å². The van der Waals surface area contributed by atoms with Crippen LogP contribution in [0.15, 0.2) is 0 Å². The van der Waals surface area contributed by atoms with E-state index in [9.17, 15) is 39.9 Å². The van der Waals surface area contributed by atoms with Crippen LogP contribution < -0.4 is 0 Å². The van der Waals surface area contributed by atoms with Gasteiger partial charge >= 0.3 is 12.1 Å². The minimum absolute atomic E-state index is 0.334. The Morgan fingerprint density at radius 1 is 1.30 bits per heavy atom. The molecule has 0 spiro atoms. The van der Waals surface area contributed by atoms with Gasteiger partial charge in [-0.2, -0.15) is 27.1 Å². The zero-order valence-corrected chi connectivity index (χ0v) is 12.0. The van der Waals surface area contributed by atoms with Crippen molar-refractivity contribution in [2.45, 2.75) is 30.9 Å². The lowest BCUT2D eigenvalue weighted by molar-refractivity contribution is -0.157. The lowest BCUT2D eigenvalue weighted by Crippen LogP contribution is -2.39. The number of hydrogen-bond acceptors (Lipinski definition) is 4. The summed E-state index contributed by atoms with van der Waals surface area (Å²) < 4.78 is 102. The lowest BCUT2D eigenvalue weighted by Gasteiger charge is -2.26. The number of sulfone groups is 1. The Bertz CT molecular complexity index is 745. The molecule has 1 N–H and O–H groups in total. The number of aromatic nitrogens is 2. The molecule has 0 unspecified atom stereocenters. The van der Waals surface area contributed by atoms with Crippen molar-refractivity contribution in [3.05, 3.63) is 17.0 Å². The molecule has 1 aromatic rings. The van der Waals surface area contributed by atoms with Gasteiger partial charge in [0, 0.05) is 18.0 Å². The molecular formula is C11H10F6N2O3S. The Morgan fingerprint density at radius 2 is 1.87 bits per heavy atom. The molecule has 1 aliphatic heterocycles. The molecule has 0 saturated carbocycles. The fourth-order valence-corrected chi connectivity index (χ4v) is 4.46. The van der Waals surface area contributed by atoms with E-state index in [2.05, 4.69) is 5.10 Å². The van der Waals surface area contributed by atoms with Crippen LogP contribution in [0, 0.1) is 5.92 Å². The highest BCUT2D eigenvalue weighted by molar-refractivity contribution is 7.92. The molecular weight excluding hydrogens is 354 g/mol. The Labute approximate surface area is 125 Å². The lowest BCUT2D eigenvalue weighted by atomic mass is 10.1. The molecule has 0 radical (unpaired) electrons. The number of aliphatic hydroxyl groups is 1. The van der Waals surface area contributed by atoms with Crippen LogP contribution in [0.25, 0.3) is 0 Å². The first kappa shape index (κ1) is 16.6. The highest BCUT2D eigenvalue weighted by Gasteiger charge is 2.62. The van der Waals surface area contributed by atoms with E-state index in [0.29, 0.717) is 4.68 Å². The van der Waals surface area contributed by atoms with Crippen LogP contribution in [0.2, 0.25) is 0 Å². The first-order valence-electron chi connectivity index (χ1n) is 6.42. The summed E-state index contributed by atoms with van der Waals surface area (Å²) >= 11 is 0. The second-order valence-electron chi connectivity index (χ2n) is 5.71. The zero-order chi connectivity index (χ0) is 17.4. The third-order valence-corrected chi connectivity index (χ3v) is 5.88. The largest absolute Gasteiger partial charge is 0.435 e. The Morgan fingerprint density at radius 3 is 2.35 bits per heavy atom. The van der Waals surface area contributed by atoms with Crippen LogP contribution in [0.5, 0.6) is 0 Å². The average molecular weight is 364 g/mol. The number of hydrogen-bond donors (Lipinski definition) is 1. The van der Waals surface area contributed by atoms with Gasteiger partial charge in [-0.3, -0.25) is 4.68 Å². The van der Waals surface area contributed by atoms with Gasteiger partial charge in [0.1, 0.15) is 6.10 Å². The number of aliphatic hydroxyl groups excluding tert-OH is 1. The van der Waals surface area contributed by atoms with Crippen LogP contribution in [0.3, 0.4) is 0 Å². The maximum absolute atomic E-state index is 13.9. The Kier molecular flexibility index (Phi) is 3.33. The van der Waals surface area contributed by atoms with Crippen molar-refractivity contribution in [3.63, 3.8) is 0 Å². The Balaban J connectivity index is 2.04. The van der Waals surface area contributed by atoms with E-state index in [1.807, 2.05) is 0 Å². The van der Waals surface area contributed by atoms with Crippen LogP contribution in [-0.2, 0) is 22.6 Å². The maximum Gasteiger partial charge on any atom is 0.435 e. The molecule has 130 valence electrons. The molecule has 5 nitrogen and oxygen atoms in total. The predicted octanol–water partition coefficient (Wildman–Crippen LogP) is 1.64. The molecule has 1 saturated heterocycles. The van der Waals surface area contributed by atoms with Crippen LogP contribution in [0.4, 0.5) is 26.3 Å². The van der Waals surface area contributed by atoms with E-state index >= 15 is 0 Å². The fraction of sp³-hybridized carbons (Fsp3) is 0.727. The third-order valence-electron chi connectivity index (χ3n) is 3.92. The molecule has 0 aromatic carbocycles. The van der Waals surface area contributed by atoms with Gasteiger partial charge in [0.2, 0.25) is 6.17 Å². The van der Waals surface area contributed by atoms with Crippen molar-refractivity contribution in [3.8, 4) is 0 Å². The van der Waals surface area contributed by atoms with Gasteiger partial charge in [0.05, 0.1) is 17.2 Å². The summed E-state index contributed by atoms with van der Waals surface area (Å²) in [5.41, 5.74) is -4.10. The summed E-state index contributed by atoms with van der Waals surface area (Å²) in [6.07, 6.45) is -11.3. The monoisotopic (exact) mass is 364 g/mol. The first-order chi connectivity index (χ1) is 10.3. The molecule has 1 aliphatic carbocycles. The molecule has 23 heavy (non-hydrogen) atoms. The van der Waals surface area contributed by atoms with Gasteiger partial charge in [-0.15, -0.1) is 0 Å². The zero-order valence-electron chi connectivity index (χ0n) is 11.2. The smallest absolute Gasteiger partial charge is 0.382 e. The van der Waals surface area contributed by atoms with Crippen molar-refractivity contribution in [1.29, 1.82) is 0 Å². The second-order valence-corrected chi connectivity index (χ2v) is 7.86. The van der Waals surface area contributed by atoms with Crippen molar-refractivity contribution in [2.24, 2.45) is 5.92 Å². The number of nitrogens with zero attached hydrogens (tertiary/aromatic N) is 2. The molecule has 2 atom stereocenters. The molecule has 2 aliphatic rings. The normalized spacial score (nSPS) is 29.3. The van der Waals surface area contributed by atoms with Crippen molar-refractivity contribution in [1.82, 2.24) is 9.78 Å². The van der Waals surface area contributed by atoms with Gasteiger partial charge in [0.25, 0.3) is 0 Å². The van der Waals surface area contributed by atoms with Crippen LogP contribution in [-0.4, -0.2) is 40.7 Å². The van der Waals surface area contributed by atoms with Gasteiger partial charge in [0.15, 0.2) is 15.5 Å². The summed E-state index contributed by atoms with van der Waals surface area (Å²) in [6, 6.07) is 0. The van der Waals surface area contributed by atoms with Crippen molar-refractivity contribution < 1.29 is 39.9 Å². The minimum Gasteiger partial charge on any atom is -0.382 e. The fourth-order valence-electron chi connectivity index (χ4n) is 2.91. The van der Waals surface area contributed by atoms with E-state index in [4.69, 9.17) is 0 Å². The minimum atomic E-state index is -5.15. The summed E-state index contributed by atoms with van der Waals surface area (Å²) in [6.45, 7) is -0.444. The number of alkyl halides is 6. The van der Waals surface area contributed by atoms with E-state index < -0.39 is 63.6 Å².